The van der Waals surface area contributed by atoms with Crippen molar-refractivity contribution in [3.8, 4) is 0 Å². The molecule has 4 heteroatoms. The number of amides is 1. The first-order chi connectivity index (χ1) is 6.70. The highest BCUT2D eigenvalue weighted by atomic mass is 16.6. The Labute approximate surface area is 91.3 Å². The van der Waals surface area contributed by atoms with Crippen molar-refractivity contribution in [2.24, 2.45) is 0 Å². The smallest absolute Gasteiger partial charge is 0.408 e. The molecule has 0 aromatic rings. The third-order valence-electron chi connectivity index (χ3n) is 1.42. The maximum absolute atomic E-state index is 11.3. The van der Waals surface area contributed by atoms with Crippen molar-refractivity contribution in [2.75, 3.05) is 0 Å². The van der Waals surface area contributed by atoms with Crippen LogP contribution in [0.2, 0.25) is 0 Å². The predicted octanol–water partition coefficient (Wildman–Crippen LogP) is 1.84. The van der Waals surface area contributed by atoms with E-state index in [9.17, 15) is 4.79 Å². The van der Waals surface area contributed by atoms with Crippen molar-refractivity contribution in [1.82, 2.24) is 5.32 Å². The molecule has 0 aliphatic heterocycles. The van der Waals surface area contributed by atoms with Crippen LogP contribution in [0.5, 0.6) is 0 Å². The van der Waals surface area contributed by atoms with Gasteiger partial charge in [-0.25, -0.2) is 4.79 Å². The van der Waals surface area contributed by atoms with Crippen molar-refractivity contribution in [3.63, 3.8) is 0 Å². The minimum Gasteiger partial charge on any atom is -0.444 e. The van der Waals surface area contributed by atoms with Crippen LogP contribution in [0, 0.1) is 0 Å². The standard InChI is InChI=1S/C11H21NO3/c1-8(6-7-9(2)13)12-10(14)15-11(3,4)5/h6-9,13H,1-5H3,(H,12,14)/t8-,9-/m0/s1. The SMILES string of the molecule is C[C@H](O)C=C[C@H](C)NC(=O)OC(C)(C)C. The molecular weight excluding hydrogens is 194 g/mol. The highest BCUT2D eigenvalue weighted by Gasteiger charge is 2.16. The Hall–Kier alpha value is -1.03. The molecule has 88 valence electrons. The number of rotatable bonds is 3. The number of hydrogen-bond donors (Lipinski definition) is 2. The van der Waals surface area contributed by atoms with Gasteiger partial charge in [0.1, 0.15) is 5.60 Å². The van der Waals surface area contributed by atoms with Gasteiger partial charge >= 0.3 is 6.09 Å². The van der Waals surface area contributed by atoms with E-state index in [0.29, 0.717) is 0 Å². The summed E-state index contributed by atoms with van der Waals surface area (Å²) in [6.07, 6.45) is 2.37. The van der Waals surface area contributed by atoms with Crippen LogP contribution in [0.4, 0.5) is 4.79 Å². The minimum atomic E-state index is -0.507. The lowest BCUT2D eigenvalue weighted by Gasteiger charge is -2.21. The van der Waals surface area contributed by atoms with Crippen LogP contribution < -0.4 is 5.32 Å². The van der Waals surface area contributed by atoms with E-state index in [1.807, 2.05) is 27.7 Å². The summed E-state index contributed by atoms with van der Waals surface area (Å²) in [5.41, 5.74) is -0.488. The molecule has 4 nitrogen and oxygen atoms in total. The van der Waals surface area contributed by atoms with Crippen molar-refractivity contribution in [3.05, 3.63) is 12.2 Å². The highest BCUT2D eigenvalue weighted by molar-refractivity contribution is 5.68. The first-order valence-electron chi connectivity index (χ1n) is 5.06. The molecule has 0 heterocycles. The van der Waals surface area contributed by atoms with Gasteiger partial charge in [-0.05, 0) is 34.6 Å². The largest absolute Gasteiger partial charge is 0.444 e. The molecule has 15 heavy (non-hydrogen) atoms. The lowest BCUT2D eigenvalue weighted by molar-refractivity contribution is 0.0517. The zero-order valence-corrected chi connectivity index (χ0v) is 10.1. The molecule has 2 atom stereocenters. The minimum absolute atomic E-state index is 0.158. The molecule has 0 aliphatic rings. The van der Waals surface area contributed by atoms with Gasteiger partial charge in [0.25, 0.3) is 0 Å². The summed E-state index contributed by atoms with van der Waals surface area (Å²) in [5, 5.41) is 11.6. The van der Waals surface area contributed by atoms with Gasteiger partial charge in [0.15, 0.2) is 0 Å². The first kappa shape index (κ1) is 14.0. The number of aliphatic hydroxyl groups is 1. The molecule has 0 unspecified atom stereocenters. The van der Waals surface area contributed by atoms with Gasteiger partial charge in [0.2, 0.25) is 0 Å². The van der Waals surface area contributed by atoms with Crippen molar-refractivity contribution in [1.29, 1.82) is 0 Å². The molecule has 0 bridgehead atoms. The fraction of sp³-hybridized carbons (Fsp3) is 0.727. The topological polar surface area (TPSA) is 58.6 Å². The second-order valence-electron chi connectivity index (χ2n) is 4.56. The average molecular weight is 215 g/mol. The van der Waals surface area contributed by atoms with Crippen LogP contribution in [0.25, 0.3) is 0 Å². The summed E-state index contributed by atoms with van der Waals surface area (Å²) < 4.78 is 5.07. The Morgan fingerprint density at radius 1 is 1.33 bits per heavy atom. The zero-order chi connectivity index (χ0) is 12.1. The van der Waals surface area contributed by atoms with E-state index >= 15 is 0 Å². The molecule has 0 aromatic heterocycles. The Balaban J connectivity index is 3.97. The number of hydrogen-bond acceptors (Lipinski definition) is 3. The summed E-state index contributed by atoms with van der Waals surface area (Å²) in [5.74, 6) is 0. The fourth-order valence-electron chi connectivity index (χ4n) is 0.869. The van der Waals surface area contributed by atoms with E-state index in [0.717, 1.165) is 0 Å². The Kier molecular flexibility index (Phi) is 5.36. The molecule has 1 amide bonds. The van der Waals surface area contributed by atoms with Crippen molar-refractivity contribution >= 4 is 6.09 Å². The third-order valence-corrected chi connectivity index (χ3v) is 1.42. The molecule has 0 fully saturated rings. The van der Waals surface area contributed by atoms with Crippen LogP contribution in [0.3, 0.4) is 0 Å². The monoisotopic (exact) mass is 215 g/mol. The fourth-order valence-corrected chi connectivity index (χ4v) is 0.869. The molecule has 0 saturated heterocycles. The quantitative estimate of drug-likeness (QED) is 0.706. The number of alkyl carbamates (subject to hydrolysis) is 1. The molecule has 0 rings (SSSR count). The van der Waals surface area contributed by atoms with E-state index in [1.54, 1.807) is 19.1 Å². The van der Waals surface area contributed by atoms with Gasteiger partial charge in [-0.15, -0.1) is 0 Å². The number of carbonyl (C=O) groups is 1. The maximum atomic E-state index is 11.3. The maximum Gasteiger partial charge on any atom is 0.408 e. The number of ether oxygens (including phenoxy) is 1. The average Bonchev–Trinajstić information content (AvgIpc) is 1.96. The summed E-state index contributed by atoms with van der Waals surface area (Å²) in [7, 11) is 0. The van der Waals surface area contributed by atoms with Gasteiger partial charge in [-0.3, -0.25) is 0 Å². The normalized spacial score (nSPS) is 16.1. The number of carbonyl (C=O) groups excluding carboxylic acids is 1. The van der Waals surface area contributed by atoms with Crippen LogP contribution >= 0.6 is 0 Å². The van der Waals surface area contributed by atoms with Crippen molar-refractivity contribution < 1.29 is 14.6 Å². The van der Waals surface area contributed by atoms with Gasteiger partial charge in [0, 0.05) is 6.04 Å². The van der Waals surface area contributed by atoms with Gasteiger partial charge in [-0.2, -0.15) is 0 Å². The number of aliphatic hydroxyl groups excluding tert-OH is 1. The van der Waals surface area contributed by atoms with E-state index < -0.39 is 17.8 Å². The Morgan fingerprint density at radius 2 is 1.87 bits per heavy atom. The second kappa shape index (κ2) is 5.75. The van der Waals surface area contributed by atoms with Gasteiger partial charge in [0.05, 0.1) is 6.10 Å². The lowest BCUT2D eigenvalue weighted by Crippen LogP contribution is -2.36. The summed E-state index contributed by atoms with van der Waals surface area (Å²) >= 11 is 0. The molecule has 0 spiro atoms. The van der Waals surface area contributed by atoms with Gasteiger partial charge < -0.3 is 15.2 Å². The molecule has 2 N–H and O–H groups in total. The predicted molar refractivity (Wildman–Crippen MR) is 59.7 cm³/mol. The zero-order valence-electron chi connectivity index (χ0n) is 10.1. The third kappa shape index (κ3) is 9.28. The second-order valence-corrected chi connectivity index (χ2v) is 4.56. The highest BCUT2D eigenvalue weighted by Crippen LogP contribution is 2.06. The molecule has 0 saturated carbocycles. The van der Waals surface area contributed by atoms with Crippen LogP contribution in [-0.4, -0.2) is 28.9 Å². The summed E-state index contributed by atoms with van der Waals surface area (Å²) in [6.45, 7) is 8.88. The molecule has 0 aromatic carbocycles. The van der Waals surface area contributed by atoms with E-state index in [2.05, 4.69) is 5.32 Å². The van der Waals surface area contributed by atoms with Crippen LogP contribution in [0.15, 0.2) is 12.2 Å². The number of nitrogens with one attached hydrogen (secondary N) is 1. The van der Waals surface area contributed by atoms with Crippen LogP contribution in [0.1, 0.15) is 34.6 Å². The van der Waals surface area contributed by atoms with E-state index in [4.69, 9.17) is 9.84 Å². The molecule has 0 radical (unpaired) electrons. The van der Waals surface area contributed by atoms with Gasteiger partial charge in [-0.1, -0.05) is 12.2 Å². The molecule has 0 aliphatic carbocycles. The first-order valence-corrected chi connectivity index (χ1v) is 5.06. The molecular formula is C11H21NO3. The van der Waals surface area contributed by atoms with Crippen LogP contribution in [-0.2, 0) is 4.74 Å². The van der Waals surface area contributed by atoms with E-state index in [1.165, 1.54) is 0 Å². The Bertz CT molecular complexity index is 228. The Morgan fingerprint density at radius 3 is 2.27 bits per heavy atom. The van der Waals surface area contributed by atoms with E-state index in [-0.39, 0.29) is 6.04 Å². The lowest BCUT2D eigenvalue weighted by atomic mass is 10.2. The summed E-state index contributed by atoms with van der Waals surface area (Å²) in [4.78, 5) is 11.3. The van der Waals surface area contributed by atoms with Crippen molar-refractivity contribution in [2.45, 2.75) is 52.4 Å². The summed E-state index contributed by atoms with van der Waals surface area (Å²) in [6, 6.07) is -0.158.